The van der Waals surface area contributed by atoms with E-state index in [0.717, 1.165) is 5.56 Å². The zero-order chi connectivity index (χ0) is 18.7. The van der Waals surface area contributed by atoms with Gasteiger partial charge < -0.3 is 15.8 Å². The normalized spacial score (nSPS) is 19.2. The SMILES string of the molecule is CC(C)n1ncc(C(N)=O)c1NC(=O)C1CC(OCc2ccccc2)C1. The first kappa shape index (κ1) is 18.1. The van der Waals surface area contributed by atoms with Gasteiger partial charge in [0, 0.05) is 12.0 Å². The summed E-state index contributed by atoms with van der Waals surface area (Å²) in [4.78, 5) is 24.1. The van der Waals surface area contributed by atoms with Crippen LogP contribution >= 0.6 is 0 Å². The van der Waals surface area contributed by atoms with Crippen LogP contribution in [-0.4, -0.2) is 27.7 Å². The Morgan fingerprint density at radius 3 is 2.62 bits per heavy atom. The highest BCUT2D eigenvalue weighted by molar-refractivity contribution is 6.02. The molecule has 0 spiro atoms. The number of carbonyl (C=O) groups excluding carboxylic acids is 2. The molecular weight excluding hydrogens is 332 g/mol. The van der Waals surface area contributed by atoms with Crippen LogP contribution < -0.4 is 11.1 Å². The number of hydrogen-bond acceptors (Lipinski definition) is 4. The van der Waals surface area contributed by atoms with Crippen LogP contribution in [-0.2, 0) is 16.1 Å². The predicted molar refractivity (Wildman–Crippen MR) is 97.5 cm³/mol. The van der Waals surface area contributed by atoms with Crippen molar-refractivity contribution in [2.24, 2.45) is 11.7 Å². The van der Waals surface area contributed by atoms with E-state index in [1.165, 1.54) is 6.20 Å². The Morgan fingerprint density at radius 2 is 2.00 bits per heavy atom. The first-order chi connectivity index (χ1) is 12.5. The molecule has 0 bridgehead atoms. The second-order valence-corrected chi connectivity index (χ2v) is 6.89. The van der Waals surface area contributed by atoms with Crippen LogP contribution in [0.1, 0.15) is 48.7 Å². The Labute approximate surface area is 152 Å². The van der Waals surface area contributed by atoms with Crippen molar-refractivity contribution in [2.45, 2.75) is 45.4 Å². The quantitative estimate of drug-likeness (QED) is 0.796. The molecule has 1 aromatic carbocycles. The summed E-state index contributed by atoms with van der Waals surface area (Å²) in [5.41, 5.74) is 6.72. The fraction of sp³-hybridized carbons (Fsp3) is 0.421. The lowest BCUT2D eigenvalue weighted by Crippen LogP contribution is -2.39. The molecule has 26 heavy (non-hydrogen) atoms. The third-order valence-electron chi connectivity index (χ3n) is 4.59. The van der Waals surface area contributed by atoms with E-state index in [0.29, 0.717) is 25.3 Å². The van der Waals surface area contributed by atoms with Gasteiger partial charge in [-0.3, -0.25) is 9.59 Å². The highest BCUT2D eigenvalue weighted by Gasteiger charge is 2.36. The van der Waals surface area contributed by atoms with Gasteiger partial charge in [0.25, 0.3) is 5.91 Å². The monoisotopic (exact) mass is 356 g/mol. The number of aromatic nitrogens is 2. The minimum Gasteiger partial charge on any atom is -0.373 e. The molecule has 2 amide bonds. The van der Waals surface area contributed by atoms with E-state index in [4.69, 9.17) is 10.5 Å². The second-order valence-electron chi connectivity index (χ2n) is 6.89. The van der Waals surface area contributed by atoms with Crippen molar-refractivity contribution in [3.63, 3.8) is 0 Å². The molecule has 2 aromatic rings. The zero-order valence-electron chi connectivity index (χ0n) is 15.0. The van der Waals surface area contributed by atoms with Crippen LogP contribution in [0.5, 0.6) is 0 Å². The molecule has 1 saturated carbocycles. The molecule has 0 radical (unpaired) electrons. The van der Waals surface area contributed by atoms with Crippen molar-refractivity contribution in [3.8, 4) is 0 Å². The zero-order valence-corrected chi connectivity index (χ0v) is 15.0. The summed E-state index contributed by atoms with van der Waals surface area (Å²) in [6.45, 7) is 4.39. The lowest BCUT2D eigenvalue weighted by molar-refractivity contribution is -0.129. The van der Waals surface area contributed by atoms with Gasteiger partial charge in [-0.1, -0.05) is 30.3 Å². The topological polar surface area (TPSA) is 99.2 Å². The first-order valence-corrected chi connectivity index (χ1v) is 8.79. The summed E-state index contributed by atoms with van der Waals surface area (Å²) < 4.78 is 7.43. The minimum absolute atomic E-state index is 0.00162. The lowest BCUT2D eigenvalue weighted by atomic mass is 9.81. The fourth-order valence-electron chi connectivity index (χ4n) is 2.98. The summed E-state index contributed by atoms with van der Waals surface area (Å²) in [5, 5.41) is 6.97. The number of rotatable bonds is 7. The molecule has 0 atom stereocenters. The van der Waals surface area contributed by atoms with Crippen LogP contribution in [0.25, 0.3) is 0 Å². The average molecular weight is 356 g/mol. The van der Waals surface area contributed by atoms with E-state index in [9.17, 15) is 9.59 Å². The molecule has 0 unspecified atom stereocenters. The third kappa shape index (κ3) is 3.94. The van der Waals surface area contributed by atoms with Crippen LogP contribution in [0.3, 0.4) is 0 Å². The van der Waals surface area contributed by atoms with Crippen molar-refractivity contribution in [1.29, 1.82) is 0 Å². The molecule has 1 aromatic heterocycles. The first-order valence-electron chi connectivity index (χ1n) is 8.79. The predicted octanol–water partition coefficient (Wildman–Crippen LogP) is 2.50. The number of nitrogens with one attached hydrogen (secondary N) is 1. The van der Waals surface area contributed by atoms with E-state index >= 15 is 0 Å². The van der Waals surface area contributed by atoms with Gasteiger partial charge in [0.1, 0.15) is 11.4 Å². The van der Waals surface area contributed by atoms with Gasteiger partial charge in [0.15, 0.2) is 0 Å². The molecule has 1 aliphatic carbocycles. The van der Waals surface area contributed by atoms with E-state index in [2.05, 4.69) is 10.4 Å². The van der Waals surface area contributed by atoms with Crippen LogP contribution in [0.2, 0.25) is 0 Å². The Kier molecular flexibility index (Phi) is 5.37. The van der Waals surface area contributed by atoms with Crippen molar-refractivity contribution < 1.29 is 14.3 Å². The van der Waals surface area contributed by atoms with Gasteiger partial charge in [0.2, 0.25) is 5.91 Å². The van der Waals surface area contributed by atoms with E-state index in [-0.39, 0.29) is 29.5 Å². The molecule has 138 valence electrons. The Bertz CT molecular complexity index is 779. The molecule has 3 N–H and O–H groups in total. The van der Waals surface area contributed by atoms with E-state index < -0.39 is 5.91 Å². The number of hydrogen-bond donors (Lipinski definition) is 2. The van der Waals surface area contributed by atoms with Crippen molar-refractivity contribution >= 4 is 17.6 Å². The molecule has 0 saturated heterocycles. The number of carbonyl (C=O) groups is 2. The van der Waals surface area contributed by atoms with Gasteiger partial charge in [-0.25, -0.2) is 4.68 Å². The van der Waals surface area contributed by atoms with Gasteiger partial charge in [-0.2, -0.15) is 5.10 Å². The second kappa shape index (κ2) is 7.70. The largest absolute Gasteiger partial charge is 0.373 e. The van der Waals surface area contributed by atoms with Crippen molar-refractivity contribution in [1.82, 2.24) is 9.78 Å². The molecule has 1 fully saturated rings. The molecular formula is C19H24N4O3. The maximum absolute atomic E-state index is 12.5. The minimum atomic E-state index is -0.607. The van der Waals surface area contributed by atoms with Crippen molar-refractivity contribution in [2.75, 3.05) is 5.32 Å². The Hall–Kier alpha value is -2.67. The lowest BCUT2D eigenvalue weighted by Gasteiger charge is -2.34. The molecule has 1 heterocycles. The number of primary amides is 1. The number of anilines is 1. The van der Waals surface area contributed by atoms with Gasteiger partial charge >= 0.3 is 0 Å². The van der Waals surface area contributed by atoms with Crippen LogP contribution in [0.15, 0.2) is 36.5 Å². The van der Waals surface area contributed by atoms with Crippen molar-refractivity contribution in [3.05, 3.63) is 47.7 Å². The molecule has 0 aliphatic heterocycles. The summed E-state index contributed by atoms with van der Waals surface area (Å²) in [7, 11) is 0. The van der Waals surface area contributed by atoms with Gasteiger partial charge in [-0.15, -0.1) is 0 Å². The Morgan fingerprint density at radius 1 is 1.31 bits per heavy atom. The van der Waals surface area contributed by atoms with E-state index in [1.54, 1.807) is 4.68 Å². The highest BCUT2D eigenvalue weighted by Crippen LogP contribution is 2.32. The fourth-order valence-corrected chi connectivity index (χ4v) is 2.98. The number of nitrogens with two attached hydrogens (primary N) is 1. The maximum atomic E-state index is 12.5. The summed E-state index contributed by atoms with van der Waals surface area (Å²) in [5.74, 6) is -0.502. The maximum Gasteiger partial charge on any atom is 0.254 e. The Balaban J connectivity index is 1.54. The van der Waals surface area contributed by atoms with E-state index in [1.807, 2.05) is 44.2 Å². The number of ether oxygens (including phenoxy) is 1. The van der Waals surface area contributed by atoms with Gasteiger partial charge in [-0.05, 0) is 32.3 Å². The third-order valence-corrected chi connectivity index (χ3v) is 4.59. The standard InChI is InChI=1S/C19H24N4O3/c1-12(2)23-18(16(10-21-23)17(20)24)22-19(25)14-8-15(9-14)26-11-13-6-4-3-5-7-13/h3-7,10,12,14-15H,8-9,11H2,1-2H3,(H2,20,24)(H,22,25). The summed E-state index contributed by atoms with van der Waals surface area (Å²) in [6.07, 6.45) is 2.81. The van der Waals surface area contributed by atoms with Gasteiger partial charge in [0.05, 0.1) is 18.9 Å². The molecule has 1 aliphatic rings. The van der Waals surface area contributed by atoms with Crippen LogP contribution in [0.4, 0.5) is 5.82 Å². The molecule has 3 rings (SSSR count). The molecule has 7 nitrogen and oxygen atoms in total. The molecule has 7 heteroatoms. The number of amides is 2. The number of nitrogens with zero attached hydrogens (tertiary/aromatic N) is 2. The average Bonchev–Trinajstić information content (AvgIpc) is 2.98. The summed E-state index contributed by atoms with van der Waals surface area (Å²) in [6, 6.07) is 9.95. The number of benzene rings is 1. The summed E-state index contributed by atoms with van der Waals surface area (Å²) >= 11 is 0. The van der Waals surface area contributed by atoms with Crippen LogP contribution in [0, 0.1) is 5.92 Å². The highest BCUT2D eigenvalue weighted by atomic mass is 16.5. The smallest absolute Gasteiger partial charge is 0.254 e.